The third-order valence-corrected chi connectivity index (χ3v) is 10.3. The molecule has 18 heteroatoms. The maximum absolute atomic E-state index is 13.1. The van der Waals surface area contributed by atoms with E-state index in [1.54, 1.807) is 22.7 Å². The molecule has 0 spiro atoms. The molecule has 2 aromatic heterocycles. The minimum atomic E-state index is -1.19. The average Bonchev–Trinajstić information content (AvgIpc) is 3.48. The molecule has 2 amide bonds. The number of aliphatic carboxylic acids is 1. The Morgan fingerprint density at radius 2 is 2.17 bits per heavy atom. The molecule has 3 aliphatic rings. The highest BCUT2D eigenvalue weighted by atomic mass is 35.5. The first-order valence-corrected chi connectivity index (χ1v) is 15.0. The summed E-state index contributed by atoms with van der Waals surface area (Å²) in [5.74, 6) is -0.00383. The summed E-state index contributed by atoms with van der Waals surface area (Å²) in [4.78, 5) is 48.9. The number of oxime groups is 1. The molecule has 1 unspecified atom stereocenters. The number of nitrogens with two attached hydrogens (primary N) is 1. The highest BCUT2D eigenvalue weighted by Crippen LogP contribution is 2.41. The zero-order valence-corrected chi connectivity index (χ0v) is 23.0. The summed E-state index contributed by atoms with van der Waals surface area (Å²) in [6.07, 6.45) is -0.0896. The summed E-state index contributed by atoms with van der Waals surface area (Å²) >= 11 is 6.98. The number of carbonyl (C=O) groups excluding carboxylic acids is 2. The molecule has 0 aliphatic carbocycles. The van der Waals surface area contributed by atoms with E-state index in [0.717, 1.165) is 22.8 Å². The van der Waals surface area contributed by atoms with Crippen LogP contribution in [0.1, 0.15) is 5.69 Å². The molecule has 0 radical (unpaired) electrons. The molecule has 192 valence electrons. The van der Waals surface area contributed by atoms with Crippen LogP contribution in [0.15, 0.2) is 31.7 Å². The zero-order valence-electron chi connectivity index (χ0n) is 18.1. The molecule has 2 aromatic rings. The molecule has 0 aromatic carbocycles. The largest absolute Gasteiger partial charge is 0.477 e. The molecule has 12 nitrogen and oxygen atoms in total. The van der Waals surface area contributed by atoms with Crippen LogP contribution in [0.4, 0.5) is 5.13 Å². The quantitative estimate of drug-likeness (QED) is 0.162. The summed E-state index contributed by atoms with van der Waals surface area (Å²) in [5, 5.41) is 25.5. The first-order valence-electron chi connectivity index (χ1n) is 10.0. The molecule has 2 fully saturated rings. The van der Waals surface area contributed by atoms with Crippen molar-refractivity contribution in [3.05, 3.63) is 27.9 Å². The van der Waals surface area contributed by atoms with Gasteiger partial charge in [-0.05, 0) is 5.57 Å². The summed E-state index contributed by atoms with van der Waals surface area (Å²) < 4.78 is 0.714. The summed E-state index contributed by atoms with van der Waals surface area (Å²) in [7, 11) is 0. The van der Waals surface area contributed by atoms with Crippen molar-refractivity contribution in [2.45, 2.75) is 21.9 Å². The van der Waals surface area contributed by atoms with Crippen molar-refractivity contribution in [1.29, 1.82) is 0 Å². The van der Waals surface area contributed by atoms with Crippen LogP contribution in [-0.2, 0) is 19.2 Å². The normalized spacial score (nSPS) is 21.7. The lowest BCUT2D eigenvalue weighted by Gasteiger charge is -2.49. The predicted octanol–water partition coefficient (Wildman–Crippen LogP) is 1.37. The predicted molar refractivity (Wildman–Crippen MR) is 143 cm³/mol. The van der Waals surface area contributed by atoms with E-state index in [9.17, 15) is 19.5 Å². The van der Waals surface area contributed by atoms with Crippen LogP contribution < -0.4 is 11.1 Å². The van der Waals surface area contributed by atoms with E-state index >= 15 is 0 Å². The monoisotopic (exact) mass is 607 g/mol. The Hall–Kier alpha value is -2.05. The minimum Gasteiger partial charge on any atom is -0.477 e. The first-order chi connectivity index (χ1) is 16.9. The van der Waals surface area contributed by atoms with Crippen LogP contribution in [0.2, 0.25) is 0 Å². The van der Waals surface area contributed by atoms with Crippen molar-refractivity contribution in [1.82, 2.24) is 25.4 Å². The maximum atomic E-state index is 13.1. The Balaban J connectivity index is 0.00000304. The number of nitrogens with zero attached hydrogens (tertiary/aromatic N) is 5. The van der Waals surface area contributed by atoms with Gasteiger partial charge < -0.3 is 21.0 Å². The highest BCUT2D eigenvalue weighted by Gasteiger charge is 2.54. The number of hydrogen-bond donors (Lipinski definition) is 3. The Bertz CT molecular complexity index is 1220. The van der Waals surface area contributed by atoms with Crippen LogP contribution in [-0.4, -0.2) is 89.2 Å². The lowest BCUT2D eigenvalue weighted by atomic mass is 10.0. The van der Waals surface area contributed by atoms with Gasteiger partial charge in [-0.15, -0.1) is 45.7 Å². The fraction of sp³-hybridized carbons (Fsp3) is 0.389. The van der Waals surface area contributed by atoms with E-state index in [-0.39, 0.29) is 40.7 Å². The van der Waals surface area contributed by atoms with Crippen LogP contribution >= 0.6 is 70.4 Å². The van der Waals surface area contributed by atoms with E-state index in [1.165, 1.54) is 39.8 Å². The SMILES string of the molecule is Cl.Nc1nc(C(=NOC2CSC2)C(=O)NC2C(=O)N3C(C(=O)O)=C(CSc4nncs4)CS[C@@H]23)cs1. The number of anilines is 1. The molecule has 0 bridgehead atoms. The number of amides is 2. The van der Waals surface area contributed by atoms with Crippen LogP contribution in [0.5, 0.6) is 0 Å². The van der Waals surface area contributed by atoms with Crippen molar-refractivity contribution < 1.29 is 24.3 Å². The second-order valence-electron chi connectivity index (χ2n) is 7.39. The van der Waals surface area contributed by atoms with Gasteiger partial charge in [0.15, 0.2) is 15.2 Å². The molecule has 2 atom stereocenters. The molecule has 0 saturated carbocycles. The van der Waals surface area contributed by atoms with Gasteiger partial charge in [0.05, 0.1) is 0 Å². The van der Waals surface area contributed by atoms with Gasteiger partial charge in [0.25, 0.3) is 11.8 Å². The summed E-state index contributed by atoms with van der Waals surface area (Å²) in [6, 6.07) is -0.903. The van der Waals surface area contributed by atoms with E-state index in [2.05, 4.69) is 25.7 Å². The number of halogens is 1. The number of thiazole rings is 1. The third-order valence-electron chi connectivity index (χ3n) is 5.13. The lowest BCUT2D eigenvalue weighted by molar-refractivity contribution is -0.150. The standard InChI is InChI=1S/C18H17N7O5S5.ClH/c19-17-21-9(5-33-17)10(24-30-8-3-31-4-8)13(26)22-11-14(27)25-12(16(28)29)7(1-32-15(11)25)2-34-18-23-20-6-35-18;/h5-6,8,11,15H,1-4H2,(H2,19,21)(H,22,26)(H,28,29);1H/t11?,15-;/m0./s1. The number of carboxylic acids is 1. The Morgan fingerprint density at radius 1 is 1.36 bits per heavy atom. The number of carboxylic acid groups (broad SMARTS) is 1. The van der Waals surface area contributed by atoms with Gasteiger partial charge in [-0.25, -0.2) is 9.78 Å². The smallest absolute Gasteiger partial charge is 0.352 e. The molecule has 4 N–H and O–H groups in total. The maximum Gasteiger partial charge on any atom is 0.352 e. The van der Waals surface area contributed by atoms with Gasteiger partial charge in [-0.2, -0.15) is 11.8 Å². The topological polar surface area (TPSA) is 173 Å². The Morgan fingerprint density at radius 3 is 2.78 bits per heavy atom. The van der Waals surface area contributed by atoms with Crippen LogP contribution in [0.25, 0.3) is 0 Å². The van der Waals surface area contributed by atoms with Gasteiger partial charge in [0.2, 0.25) is 0 Å². The number of carbonyl (C=O) groups is 3. The number of nitrogen functional groups attached to an aromatic ring is 1. The fourth-order valence-corrected chi connectivity index (χ4v) is 7.45. The van der Waals surface area contributed by atoms with E-state index < -0.39 is 29.2 Å². The van der Waals surface area contributed by atoms with Crippen molar-refractivity contribution >= 4 is 99.0 Å². The van der Waals surface area contributed by atoms with Crippen molar-refractivity contribution in [3.63, 3.8) is 0 Å². The van der Waals surface area contributed by atoms with Crippen LogP contribution in [0.3, 0.4) is 0 Å². The second kappa shape index (κ2) is 11.6. The fourth-order valence-electron chi connectivity index (χ4n) is 3.38. The number of hydrogen-bond acceptors (Lipinski definition) is 14. The number of fused-ring (bicyclic) bond motifs is 1. The van der Waals surface area contributed by atoms with Gasteiger partial charge in [-0.3, -0.25) is 14.5 Å². The average molecular weight is 608 g/mol. The molecule has 3 aliphatic heterocycles. The molecule has 5 heterocycles. The van der Waals surface area contributed by atoms with Gasteiger partial charge >= 0.3 is 5.97 Å². The van der Waals surface area contributed by atoms with E-state index in [4.69, 9.17) is 10.6 Å². The molecule has 2 saturated heterocycles. The number of nitrogens with one attached hydrogen (secondary N) is 1. The highest BCUT2D eigenvalue weighted by molar-refractivity contribution is 8.02. The van der Waals surface area contributed by atoms with Gasteiger partial charge in [0, 0.05) is 28.4 Å². The molecular formula is C18H18ClN7O5S5. The molecule has 5 rings (SSSR count). The summed E-state index contributed by atoms with van der Waals surface area (Å²) in [6.45, 7) is 0. The number of β-lactam (4-membered cyclic amide) rings is 1. The van der Waals surface area contributed by atoms with Crippen molar-refractivity contribution in [3.8, 4) is 0 Å². The molecule has 36 heavy (non-hydrogen) atoms. The third kappa shape index (κ3) is 5.45. The Kier molecular flexibility index (Phi) is 8.67. The van der Waals surface area contributed by atoms with E-state index in [0.29, 0.717) is 21.4 Å². The van der Waals surface area contributed by atoms with E-state index in [1.807, 2.05) is 0 Å². The first kappa shape index (κ1) is 27.0. The van der Waals surface area contributed by atoms with Crippen LogP contribution in [0, 0.1) is 0 Å². The number of thioether (sulfide) groups is 3. The van der Waals surface area contributed by atoms with Gasteiger partial charge in [0.1, 0.15) is 34.4 Å². The van der Waals surface area contributed by atoms with Crippen molar-refractivity contribution in [2.75, 3.05) is 28.7 Å². The zero-order chi connectivity index (χ0) is 24.5. The number of rotatable bonds is 9. The molecular weight excluding hydrogens is 590 g/mol. The number of aromatic nitrogens is 3. The summed E-state index contributed by atoms with van der Waals surface area (Å²) in [5.41, 5.74) is 8.05. The lowest BCUT2D eigenvalue weighted by Crippen LogP contribution is -2.71. The minimum absolute atomic E-state index is 0. The van der Waals surface area contributed by atoms with Crippen molar-refractivity contribution in [2.24, 2.45) is 5.16 Å². The Labute approximate surface area is 231 Å². The second-order valence-corrected chi connectivity index (χ2v) is 12.5. The van der Waals surface area contributed by atoms with Gasteiger partial charge in [-0.1, -0.05) is 28.3 Å².